The molecule has 2 rings (SSSR count). The van der Waals surface area contributed by atoms with E-state index in [0.29, 0.717) is 17.9 Å². The molecule has 2 amide bonds. The van der Waals surface area contributed by atoms with Gasteiger partial charge in [0, 0.05) is 5.56 Å². The molecule has 0 bridgehead atoms. The number of rotatable bonds is 8. The van der Waals surface area contributed by atoms with Crippen molar-refractivity contribution in [2.45, 2.75) is 39.8 Å². The number of benzene rings is 2. The third-order valence-electron chi connectivity index (χ3n) is 4.32. The van der Waals surface area contributed by atoms with E-state index < -0.39 is 6.04 Å². The van der Waals surface area contributed by atoms with Crippen LogP contribution in [0.3, 0.4) is 0 Å². The van der Waals surface area contributed by atoms with Gasteiger partial charge in [0.05, 0.1) is 12.6 Å². The van der Waals surface area contributed by atoms with Crippen molar-refractivity contribution in [3.8, 4) is 5.75 Å². The summed E-state index contributed by atoms with van der Waals surface area (Å²) < 4.78 is 5.39. The Morgan fingerprint density at radius 1 is 0.926 bits per heavy atom. The maximum Gasteiger partial charge on any atom is 0.251 e. The van der Waals surface area contributed by atoms with E-state index in [0.717, 1.165) is 5.56 Å². The first-order valence-electron chi connectivity index (χ1n) is 9.31. The average Bonchev–Trinajstić information content (AvgIpc) is 2.67. The van der Waals surface area contributed by atoms with Crippen LogP contribution in [0.5, 0.6) is 5.75 Å². The lowest BCUT2D eigenvalue weighted by molar-refractivity contribution is -0.124. The SMILES string of the molecule is CCOc1ccc(C(=O)N[C@H](C(=O)N[C@H](C)c2ccccc2)C(C)C)cc1. The molecule has 5 heteroatoms. The van der Waals surface area contributed by atoms with Gasteiger partial charge in [-0.05, 0) is 49.6 Å². The molecule has 2 atom stereocenters. The Bertz CT molecular complexity index is 742. The summed E-state index contributed by atoms with van der Waals surface area (Å²) in [6.45, 7) is 8.23. The lowest BCUT2D eigenvalue weighted by atomic mass is 10.0. The third-order valence-corrected chi connectivity index (χ3v) is 4.32. The van der Waals surface area contributed by atoms with Crippen LogP contribution >= 0.6 is 0 Å². The summed E-state index contributed by atoms with van der Waals surface area (Å²) in [5.74, 6) is 0.198. The van der Waals surface area contributed by atoms with Crippen LogP contribution in [0, 0.1) is 5.92 Å². The van der Waals surface area contributed by atoms with Crippen LogP contribution in [-0.4, -0.2) is 24.5 Å². The average molecular weight is 368 g/mol. The first-order chi connectivity index (χ1) is 12.9. The molecule has 0 aliphatic heterocycles. The summed E-state index contributed by atoms with van der Waals surface area (Å²) in [6, 6.07) is 15.9. The molecule has 0 spiro atoms. The van der Waals surface area contributed by atoms with Gasteiger partial charge in [0.2, 0.25) is 5.91 Å². The van der Waals surface area contributed by atoms with Gasteiger partial charge in [-0.3, -0.25) is 9.59 Å². The Balaban J connectivity index is 2.03. The molecule has 2 aromatic rings. The normalized spacial score (nSPS) is 12.9. The maximum absolute atomic E-state index is 12.7. The molecule has 0 saturated heterocycles. The van der Waals surface area contributed by atoms with Crippen molar-refractivity contribution in [1.82, 2.24) is 10.6 Å². The van der Waals surface area contributed by atoms with Gasteiger partial charge in [0.1, 0.15) is 11.8 Å². The molecule has 0 fully saturated rings. The highest BCUT2D eigenvalue weighted by Gasteiger charge is 2.26. The molecule has 144 valence electrons. The molecule has 0 saturated carbocycles. The topological polar surface area (TPSA) is 67.4 Å². The van der Waals surface area contributed by atoms with Crippen molar-refractivity contribution in [2.24, 2.45) is 5.92 Å². The van der Waals surface area contributed by atoms with Crippen LogP contribution in [0.1, 0.15) is 49.7 Å². The van der Waals surface area contributed by atoms with Crippen molar-refractivity contribution in [3.05, 3.63) is 65.7 Å². The molecule has 27 heavy (non-hydrogen) atoms. The quantitative estimate of drug-likeness (QED) is 0.746. The van der Waals surface area contributed by atoms with Crippen LogP contribution in [0.2, 0.25) is 0 Å². The summed E-state index contributed by atoms with van der Waals surface area (Å²) in [6.07, 6.45) is 0. The molecule has 0 heterocycles. The number of carbonyl (C=O) groups is 2. The Hall–Kier alpha value is -2.82. The van der Waals surface area contributed by atoms with Gasteiger partial charge in [-0.25, -0.2) is 0 Å². The van der Waals surface area contributed by atoms with Gasteiger partial charge in [0.15, 0.2) is 0 Å². The number of nitrogens with one attached hydrogen (secondary N) is 2. The van der Waals surface area contributed by atoms with Crippen molar-refractivity contribution in [1.29, 1.82) is 0 Å². The number of ether oxygens (including phenoxy) is 1. The fraction of sp³-hybridized carbons (Fsp3) is 0.364. The van der Waals surface area contributed by atoms with Gasteiger partial charge in [-0.15, -0.1) is 0 Å². The highest BCUT2D eigenvalue weighted by molar-refractivity contribution is 5.97. The predicted molar refractivity (Wildman–Crippen MR) is 107 cm³/mol. The van der Waals surface area contributed by atoms with E-state index >= 15 is 0 Å². The van der Waals surface area contributed by atoms with E-state index in [1.54, 1.807) is 24.3 Å². The molecule has 2 N–H and O–H groups in total. The summed E-state index contributed by atoms with van der Waals surface area (Å²) in [7, 11) is 0. The molecule has 0 aliphatic rings. The van der Waals surface area contributed by atoms with Crippen LogP contribution in [0.15, 0.2) is 54.6 Å². The summed E-state index contributed by atoms with van der Waals surface area (Å²) >= 11 is 0. The van der Waals surface area contributed by atoms with Crippen LogP contribution in [-0.2, 0) is 4.79 Å². The zero-order chi connectivity index (χ0) is 19.8. The second-order valence-corrected chi connectivity index (χ2v) is 6.79. The number of hydrogen-bond donors (Lipinski definition) is 2. The highest BCUT2D eigenvalue weighted by Crippen LogP contribution is 2.15. The second kappa shape index (κ2) is 9.76. The Morgan fingerprint density at radius 2 is 1.56 bits per heavy atom. The fourth-order valence-corrected chi connectivity index (χ4v) is 2.76. The van der Waals surface area contributed by atoms with E-state index in [1.807, 2.05) is 58.0 Å². The van der Waals surface area contributed by atoms with Gasteiger partial charge in [-0.2, -0.15) is 0 Å². The molecule has 0 aromatic heterocycles. The van der Waals surface area contributed by atoms with Gasteiger partial charge < -0.3 is 15.4 Å². The van der Waals surface area contributed by atoms with Crippen molar-refractivity contribution in [2.75, 3.05) is 6.61 Å². The molecular formula is C22H28N2O3. The molecular weight excluding hydrogens is 340 g/mol. The van der Waals surface area contributed by atoms with Gasteiger partial charge >= 0.3 is 0 Å². The van der Waals surface area contributed by atoms with Crippen LogP contribution < -0.4 is 15.4 Å². The van der Waals surface area contributed by atoms with E-state index in [9.17, 15) is 9.59 Å². The van der Waals surface area contributed by atoms with Crippen LogP contribution in [0.4, 0.5) is 0 Å². The zero-order valence-corrected chi connectivity index (χ0v) is 16.4. The first-order valence-corrected chi connectivity index (χ1v) is 9.31. The fourth-order valence-electron chi connectivity index (χ4n) is 2.76. The van der Waals surface area contributed by atoms with E-state index in [2.05, 4.69) is 10.6 Å². The number of amides is 2. The van der Waals surface area contributed by atoms with E-state index in [-0.39, 0.29) is 23.8 Å². The van der Waals surface area contributed by atoms with Crippen molar-refractivity contribution in [3.63, 3.8) is 0 Å². The standard InChI is InChI=1S/C22H28N2O3/c1-5-27-19-13-11-18(12-14-19)21(25)24-20(15(2)3)22(26)23-16(4)17-9-7-6-8-10-17/h6-16,20H,5H2,1-4H3,(H,23,26)(H,24,25)/t16-,20+/m1/s1. The molecule has 5 nitrogen and oxygen atoms in total. The summed E-state index contributed by atoms with van der Waals surface area (Å²) in [5.41, 5.74) is 1.51. The summed E-state index contributed by atoms with van der Waals surface area (Å²) in [4.78, 5) is 25.3. The van der Waals surface area contributed by atoms with Gasteiger partial charge in [-0.1, -0.05) is 44.2 Å². The largest absolute Gasteiger partial charge is 0.494 e. The zero-order valence-electron chi connectivity index (χ0n) is 16.4. The Morgan fingerprint density at radius 3 is 2.11 bits per heavy atom. The second-order valence-electron chi connectivity index (χ2n) is 6.79. The minimum atomic E-state index is -0.616. The summed E-state index contributed by atoms with van der Waals surface area (Å²) in [5, 5.41) is 5.84. The van der Waals surface area contributed by atoms with E-state index in [1.165, 1.54) is 0 Å². The van der Waals surface area contributed by atoms with Gasteiger partial charge in [0.25, 0.3) is 5.91 Å². The minimum Gasteiger partial charge on any atom is -0.494 e. The maximum atomic E-state index is 12.7. The molecule has 2 aromatic carbocycles. The monoisotopic (exact) mass is 368 g/mol. The Labute approximate surface area is 161 Å². The molecule has 0 unspecified atom stereocenters. The molecule has 0 aliphatic carbocycles. The number of carbonyl (C=O) groups excluding carboxylic acids is 2. The molecule has 0 radical (unpaired) electrons. The smallest absolute Gasteiger partial charge is 0.251 e. The van der Waals surface area contributed by atoms with E-state index in [4.69, 9.17) is 4.74 Å². The van der Waals surface area contributed by atoms with Crippen molar-refractivity contribution < 1.29 is 14.3 Å². The minimum absolute atomic E-state index is 0.0420. The third kappa shape index (κ3) is 5.84. The van der Waals surface area contributed by atoms with Crippen LogP contribution in [0.25, 0.3) is 0 Å². The number of hydrogen-bond acceptors (Lipinski definition) is 3. The Kier molecular flexibility index (Phi) is 7.41. The lowest BCUT2D eigenvalue weighted by Gasteiger charge is -2.24. The lowest BCUT2D eigenvalue weighted by Crippen LogP contribution is -2.50. The first kappa shape index (κ1) is 20.5. The van der Waals surface area contributed by atoms with Crippen molar-refractivity contribution >= 4 is 11.8 Å². The highest BCUT2D eigenvalue weighted by atomic mass is 16.5. The predicted octanol–water partition coefficient (Wildman–Crippen LogP) is 3.72.